The first-order valence-corrected chi connectivity index (χ1v) is 7.89. The Morgan fingerprint density at radius 3 is 2.70 bits per heavy atom. The van der Waals surface area contributed by atoms with Crippen LogP contribution < -0.4 is 0 Å². The van der Waals surface area contributed by atoms with Gasteiger partial charge in [0.1, 0.15) is 18.3 Å². The van der Waals surface area contributed by atoms with Crippen molar-refractivity contribution >= 4 is 5.71 Å². The van der Waals surface area contributed by atoms with Crippen molar-refractivity contribution in [3.63, 3.8) is 0 Å². The fraction of sp³-hybridized carbons (Fsp3) is 0.588. The van der Waals surface area contributed by atoms with E-state index >= 15 is 0 Å². The molecule has 124 valence electrons. The van der Waals surface area contributed by atoms with Gasteiger partial charge in [-0.05, 0) is 19.4 Å². The summed E-state index contributed by atoms with van der Waals surface area (Å²) >= 11 is 0. The molecule has 3 aliphatic rings. The first kappa shape index (κ1) is 15.1. The summed E-state index contributed by atoms with van der Waals surface area (Å²) in [6.45, 7) is 3.75. The van der Waals surface area contributed by atoms with Crippen molar-refractivity contribution in [1.82, 2.24) is 0 Å². The van der Waals surface area contributed by atoms with Gasteiger partial charge in [0.25, 0.3) is 0 Å². The summed E-state index contributed by atoms with van der Waals surface area (Å²) in [6.07, 6.45) is -0.640. The number of hydrogen-bond acceptors (Lipinski definition) is 6. The van der Waals surface area contributed by atoms with Gasteiger partial charge >= 0.3 is 0 Å². The summed E-state index contributed by atoms with van der Waals surface area (Å²) < 4.78 is 23.3. The summed E-state index contributed by atoms with van der Waals surface area (Å²) in [5.74, 6) is -0.655. The van der Waals surface area contributed by atoms with Gasteiger partial charge in [-0.15, -0.1) is 0 Å². The normalized spacial score (nSPS) is 38.2. The van der Waals surface area contributed by atoms with Crippen molar-refractivity contribution in [3.05, 3.63) is 35.9 Å². The lowest BCUT2D eigenvalue weighted by molar-refractivity contribution is -0.208. The maximum Gasteiger partial charge on any atom is 0.190 e. The Kier molecular flexibility index (Phi) is 3.65. The van der Waals surface area contributed by atoms with Gasteiger partial charge in [0.2, 0.25) is 0 Å². The van der Waals surface area contributed by atoms with Crippen LogP contribution in [0.1, 0.15) is 31.9 Å². The Balaban J connectivity index is 1.47. The number of rotatable bonds is 3. The number of ether oxygens (including phenoxy) is 4. The topological polar surface area (TPSA) is 58.5 Å². The van der Waals surface area contributed by atoms with Gasteiger partial charge < -0.3 is 23.8 Å². The van der Waals surface area contributed by atoms with Gasteiger partial charge in [0.05, 0.1) is 5.71 Å². The minimum absolute atomic E-state index is 0.0778. The highest BCUT2D eigenvalue weighted by atomic mass is 16.8. The first-order chi connectivity index (χ1) is 11.1. The largest absolute Gasteiger partial charge is 0.387 e. The van der Waals surface area contributed by atoms with Crippen molar-refractivity contribution in [2.45, 2.75) is 56.8 Å². The molecule has 6 heteroatoms. The summed E-state index contributed by atoms with van der Waals surface area (Å²) in [6, 6.07) is 10.1. The van der Waals surface area contributed by atoms with E-state index in [1.165, 1.54) is 0 Å². The second kappa shape index (κ2) is 5.56. The van der Waals surface area contributed by atoms with Crippen molar-refractivity contribution in [1.29, 1.82) is 0 Å². The molecule has 4 rings (SSSR count). The van der Waals surface area contributed by atoms with E-state index < -0.39 is 12.1 Å². The Morgan fingerprint density at radius 1 is 1.17 bits per heavy atom. The monoisotopic (exact) mass is 319 g/mol. The zero-order chi connectivity index (χ0) is 16.0. The fourth-order valence-electron chi connectivity index (χ4n) is 3.42. The van der Waals surface area contributed by atoms with Gasteiger partial charge in [-0.25, -0.2) is 0 Å². The van der Waals surface area contributed by atoms with Crippen molar-refractivity contribution < 1.29 is 23.8 Å². The smallest absolute Gasteiger partial charge is 0.190 e. The van der Waals surface area contributed by atoms with E-state index in [0.717, 1.165) is 11.3 Å². The minimum atomic E-state index is -0.655. The molecule has 23 heavy (non-hydrogen) atoms. The number of methoxy groups -OCH3 is 1. The second-order valence-electron chi connectivity index (χ2n) is 6.52. The molecule has 1 aromatic carbocycles. The summed E-state index contributed by atoms with van der Waals surface area (Å²) in [5, 5.41) is 4.24. The van der Waals surface area contributed by atoms with Crippen molar-refractivity contribution in [2.24, 2.45) is 5.16 Å². The number of hydrogen-bond donors (Lipinski definition) is 0. The summed E-state index contributed by atoms with van der Waals surface area (Å²) in [4.78, 5) is 5.59. The number of fused-ring (bicyclic) bond motifs is 1. The molecule has 0 N–H and O–H groups in total. The van der Waals surface area contributed by atoms with E-state index in [4.69, 9.17) is 23.8 Å². The first-order valence-electron chi connectivity index (χ1n) is 7.89. The van der Waals surface area contributed by atoms with E-state index in [-0.39, 0.29) is 24.4 Å². The van der Waals surface area contributed by atoms with E-state index in [2.05, 4.69) is 5.16 Å². The van der Waals surface area contributed by atoms with Crippen LogP contribution in [0.25, 0.3) is 0 Å². The van der Waals surface area contributed by atoms with Gasteiger partial charge in [0, 0.05) is 13.5 Å². The number of benzene rings is 1. The molecule has 3 aliphatic heterocycles. The molecule has 2 fully saturated rings. The van der Waals surface area contributed by atoms with E-state index in [9.17, 15) is 0 Å². The lowest BCUT2D eigenvalue weighted by Crippen LogP contribution is -2.39. The SMILES string of the molecule is CO[C@@H]1[C@H]2OC(C)(C)O[C@H]2O[C@@H]1C1=NO[C@@H](c2ccccc2)C1. The third kappa shape index (κ3) is 2.65. The Bertz CT molecular complexity index is 602. The van der Waals surface area contributed by atoms with Crippen LogP contribution in [0.2, 0.25) is 0 Å². The molecule has 0 saturated carbocycles. The van der Waals surface area contributed by atoms with Gasteiger partial charge in [-0.3, -0.25) is 0 Å². The molecule has 0 aromatic heterocycles. The molecule has 3 heterocycles. The van der Waals surface area contributed by atoms with E-state index in [0.29, 0.717) is 6.42 Å². The molecule has 6 nitrogen and oxygen atoms in total. The molecule has 5 atom stereocenters. The Hall–Kier alpha value is -1.47. The quantitative estimate of drug-likeness (QED) is 0.856. The maximum atomic E-state index is 6.01. The summed E-state index contributed by atoms with van der Waals surface area (Å²) in [7, 11) is 1.66. The minimum Gasteiger partial charge on any atom is -0.387 e. The zero-order valence-corrected chi connectivity index (χ0v) is 13.5. The molecule has 0 aliphatic carbocycles. The van der Waals surface area contributed by atoms with Crippen LogP contribution in [0.3, 0.4) is 0 Å². The molecule has 2 saturated heterocycles. The molecule has 1 aromatic rings. The molecule has 0 bridgehead atoms. The van der Waals surface area contributed by atoms with Crippen LogP contribution in [0, 0.1) is 0 Å². The van der Waals surface area contributed by atoms with Crippen LogP contribution in [-0.2, 0) is 23.8 Å². The molecular weight excluding hydrogens is 298 g/mol. The number of oxime groups is 1. The molecule has 0 amide bonds. The molecular formula is C17H21NO5. The Morgan fingerprint density at radius 2 is 1.96 bits per heavy atom. The highest BCUT2D eigenvalue weighted by Crippen LogP contribution is 2.41. The van der Waals surface area contributed by atoms with E-state index in [1.54, 1.807) is 7.11 Å². The number of nitrogens with zero attached hydrogens (tertiary/aromatic N) is 1. The predicted octanol–water partition coefficient (Wildman–Crippen LogP) is 2.40. The average Bonchev–Trinajstić information content (AvgIpc) is 3.19. The van der Waals surface area contributed by atoms with Crippen LogP contribution in [0.5, 0.6) is 0 Å². The molecule has 0 radical (unpaired) electrons. The average molecular weight is 319 g/mol. The van der Waals surface area contributed by atoms with Crippen LogP contribution in [-0.4, -0.2) is 43.2 Å². The third-order valence-electron chi connectivity index (χ3n) is 4.45. The highest BCUT2D eigenvalue weighted by molar-refractivity contribution is 5.90. The van der Waals surface area contributed by atoms with Crippen LogP contribution >= 0.6 is 0 Å². The lowest BCUT2D eigenvalue weighted by Gasteiger charge is -2.24. The van der Waals surface area contributed by atoms with Gasteiger partial charge in [-0.1, -0.05) is 35.5 Å². The second-order valence-corrected chi connectivity index (χ2v) is 6.52. The van der Waals surface area contributed by atoms with Gasteiger partial charge in [0.15, 0.2) is 18.2 Å². The molecule has 0 unspecified atom stereocenters. The predicted molar refractivity (Wildman–Crippen MR) is 81.8 cm³/mol. The van der Waals surface area contributed by atoms with Crippen LogP contribution in [0.15, 0.2) is 35.5 Å². The van der Waals surface area contributed by atoms with Crippen molar-refractivity contribution in [3.8, 4) is 0 Å². The molecule has 0 spiro atoms. The zero-order valence-electron chi connectivity index (χ0n) is 13.5. The Labute approximate surface area is 135 Å². The standard InChI is InChI=1S/C17H21NO5/c1-17(2)21-15-14(19-3)13(20-16(15)22-17)11-9-12(23-18-11)10-7-5-4-6-8-10/h4-8,12-16H,9H2,1-3H3/t12-,13-,14+,15-,16-/m1/s1. The van der Waals surface area contributed by atoms with Crippen molar-refractivity contribution in [2.75, 3.05) is 7.11 Å². The maximum absolute atomic E-state index is 6.01. The third-order valence-corrected chi connectivity index (χ3v) is 4.45. The van der Waals surface area contributed by atoms with Gasteiger partial charge in [-0.2, -0.15) is 0 Å². The highest BCUT2D eigenvalue weighted by Gasteiger charge is 2.57. The van der Waals surface area contributed by atoms with E-state index in [1.807, 2.05) is 44.2 Å². The summed E-state index contributed by atoms with van der Waals surface area (Å²) in [5.41, 5.74) is 1.94. The van der Waals surface area contributed by atoms with Crippen LogP contribution in [0.4, 0.5) is 0 Å². The fourth-order valence-corrected chi connectivity index (χ4v) is 3.42. The lowest BCUT2D eigenvalue weighted by atomic mass is 9.99.